The minimum atomic E-state index is -1.80. The van der Waals surface area contributed by atoms with Crippen molar-refractivity contribution in [2.45, 2.75) is 123 Å². The average molecular weight is 882 g/mol. The van der Waals surface area contributed by atoms with Gasteiger partial charge in [0.2, 0.25) is 35.4 Å². The number of likely N-dealkylation sites (N-methyl/N-ethyl adjacent to an activating group) is 1. The van der Waals surface area contributed by atoms with Gasteiger partial charge in [0, 0.05) is 19.4 Å². The lowest BCUT2D eigenvalue weighted by atomic mass is 9.94. The molecule has 1 aromatic carbocycles. The number of aliphatic hydroxyl groups excluding tert-OH is 1. The van der Waals surface area contributed by atoms with E-state index in [-0.39, 0.29) is 18.3 Å². The van der Waals surface area contributed by atoms with Crippen molar-refractivity contribution in [3.63, 3.8) is 0 Å². The number of amides is 7. The summed E-state index contributed by atoms with van der Waals surface area (Å²) in [5.74, 6) is -10.8. The molecule has 1 aromatic rings. The van der Waals surface area contributed by atoms with Gasteiger partial charge in [-0.3, -0.25) is 33.6 Å². The molecule has 9 N–H and O–H groups in total. The molecular formula is C44H63N7O12. The summed E-state index contributed by atoms with van der Waals surface area (Å²) in [6, 6.07) is 0.955. The van der Waals surface area contributed by atoms with Gasteiger partial charge in [-0.15, -0.1) is 0 Å². The summed E-state index contributed by atoms with van der Waals surface area (Å²) < 4.78 is 0. The van der Waals surface area contributed by atoms with Crippen LogP contribution in [0.1, 0.15) is 79.7 Å². The van der Waals surface area contributed by atoms with Gasteiger partial charge >= 0.3 is 11.9 Å². The molecule has 9 atom stereocenters. The molecule has 0 unspecified atom stereocenters. The fourth-order valence-electron chi connectivity index (χ4n) is 6.34. The number of nitrogens with one attached hydrogen (secondary N) is 6. The summed E-state index contributed by atoms with van der Waals surface area (Å²) in [7, 11) is 1.21. The standard InChI is InChI=1S/C44H63N7O12/c1-23(2)19-33-42(59)50-34(44(62)63)22-36(53)45-27(6)39(56)47-31(16-15-24(3)20-25(4)35(52)21-30-13-11-10-12-14-30)26(5)38(55)48-32(43(60)61)17-18-37(54)51(9)29(8)41(58)46-28(7)40(57)49-33/h10-16,20,23,25-28,31-35,52H,8,17-19,21-22H2,1-7,9H3,(H,45,53)(H,46,58)(H,47,56)(H,48,55)(H,49,57)(H,50,59)(H,60,61)(H,62,63)/b16-15+,24-20+/t25-,26-,27-,28+,31-,32+,33-,34+,35-/m0/s1. The van der Waals surface area contributed by atoms with Crippen LogP contribution >= 0.6 is 0 Å². The van der Waals surface area contributed by atoms with Gasteiger partial charge in [0.1, 0.15) is 35.9 Å². The number of aliphatic hydroxyl groups is 1. The van der Waals surface area contributed by atoms with E-state index in [0.29, 0.717) is 12.0 Å². The van der Waals surface area contributed by atoms with Gasteiger partial charge in [-0.2, -0.15) is 0 Å². The molecule has 1 fully saturated rings. The Morgan fingerprint density at radius 1 is 0.810 bits per heavy atom. The maximum Gasteiger partial charge on any atom is 0.326 e. The molecule has 19 heteroatoms. The van der Waals surface area contributed by atoms with Crippen molar-refractivity contribution in [3.05, 3.63) is 72.0 Å². The lowest BCUT2D eigenvalue weighted by Crippen LogP contribution is -2.56. The number of rotatable bonds is 10. The van der Waals surface area contributed by atoms with Crippen LogP contribution in [0.3, 0.4) is 0 Å². The third-order valence-electron chi connectivity index (χ3n) is 10.4. The zero-order valence-corrected chi connectivity index (χ0v) is 37.1. The zero-order valence-electron chi connectivity index (χ0n) is 37.1. The third kappa shape index (κ3) is 17.5. The van der Waals surface area contributed by atoms with Crippen molar-refractivity contribution in [3.8, 4) is 0 Å². The number of carbonyl (C=O) groups excluding carboxylic acids is 7. The molecule has 1 heterocycles. The number of allylic oxidation sites excluding steroid dienone is 2. The number of carbonyl (C=O) groups is 9. The molecule has 1 aliphatic rings. The second kappa shape index (κ2) is 24.9. The van der Waals surface area contributed by atoms with Crippen molar-refractivity contribution in [2.24, 2.45) is 17.8 Å². The van der Waals surface area contributed by atoms with E-state index in [2.05, 4.69) is 38.5 Å². The Hall–Kier alpha value is -6.37. The van der Waals surface area contributed by atoms with Crippen LogP contribution in [0.4, 0.5) is 0 Å². The largest absolute Gasteiger partial charge is 0.480 e. The molecule has 1 saturated heterocycles. The number of hydrogen-bond donors (Lipinski definition) is 9. The summed E-state index contributed by atoms with van der Waals surface area (Å²) >= 11 is 0. The van der Waals surface area contributed by atoms with Crippen LogP contribution in [0.25, 0.3) is 0 Å². The van der Waals surface area contributed by atoms with Gasteiger partial charge in [-0.05, 0) is 51.5 Å². The summed E-state index contributed by atoms with van der Waals surface area (Å²) in [4.78, 5) is 118. The Morgan fingerprint density at radius 3 is 1.97 bits per heavy atom. The lowest BCUT2D eigenvalue weighted by molar-refractivity contribution is -0.144. The van der Waals surface area contributed by atoms with Crippen molar-refractivity contribution >= 4 is 53.3 Å². The Morgan fingerprint density at radius 2 is 1.38 bits per heavy atom. The van der Waals surface area contributed by atoms with Crippen LogP contribution in [-0.2, 0) is 49.6 Å². The molecule has 0 radical (unpaired) electrons. The van der Waals surface area contributed by atoms with Crippen LogP contribution in [-0.4, -0.2) is 123 Å². The highest BCUT2D eigenvalue weighted by molar-refractivity contribution is 6.00. The quantitative estimate of drug-likeness (QED) is 0.116. The summed E-state index contributed by atoms with van der Waals surface area (Å²) in [5, 5.41) is 45.3. The molecule has 0 saturated carbocycles. The van der Waals surface area contributed by atoms with Gasteiger partial charge in [-0.25, -0.2) is 9.59 Å². The van der Waals surface area contributed by atoms with E-state index in [9.17, 15) is 58.5 Å². The Kier molecular flexibility index (Phi) is 20.9. The minimum Gasteiger partial charge on any atom is -0.480 e. The van der Waals surface area contributed by atoms with E-state index in [1.165, 1.54) is 33.9 Å². The van der Waals surface area contributed by atoms with Crippen LogP contribution in [0, 0.1) is 17.8 Å². The highest BCUT2D eigenvalue weighted by Gasteiger charge is 2.33. The Balaban J connectivity index is 2.52. The fraction of sp³-hybridized carbons (Fsp3) is 0.523. The second-order valence-electron chi connectivity index (χ2n) is 16.3. The molecule has 346 valence electrons. The maximum atomic E-state index is 13.6. The Labute approximate surface area is 367 Å². The minimum absolute atomic E-state index is 0.0330. The molecule has 63 heavy (non-hydrogen) atoms. The first-order valence-corrected chi connectivity index (χ1v) is 20.7. The molecule has 1 aliphatic heterocycles. The normalized spacial score (nSPS) is 26.0. The molecule has 0 spiro atoms. The molecule has 0 aromatic heterocycles. The van der Waals surface area contributed by atoms with E-state index in [4.69, 9.17) is 0 Å². The van der Waals surface area contributed by atoms with Gasteiger partial charge in [-0.1, -0.05) is 88.4 Å². The molecule has 0 bridgehead atoms. The first kappa shape index (κ1) is 52.8. The summed E-state index contributed by atoms with van der Waals surface area (Å²) in [6.45, 7) is 14.7. The summed E-state index contributed by atoms with van der Waals surface area (Å²) in [5.41, 5.74) is 1.18. The maximum absolute atomic E-state index is 13.6. The lowest BCUT2D eigenvalue weighted by Gasteiger charge is -2.26. The number of aliphatic carboxylic acids is 2. The van der Waals surface area contributed by atoms with Crippen molar-refractivity contribution in [1.29, 1.82) is 0 Å². The van der Waals surface area contributed by atoms with E-state index >= 15 is 0 Å². The van der Waals surface area contributed by atoms with Crippen LogP contribution < -0.4 is 31.9 Å². The highest BCUT2D eigenvalue weighted by atomic mass is 16.4. The molecule has 2 rings (SSSR count). The van der Waals surface area contributed by atoms with Crippen molar-refractivity contribution in [2.75, 3.05) is 7.05 Å². The predicted molar refractivity (Wildman–Crippen MR) is 231 cm³/mol. The average Bonchev–Trinajstić information content (AvgIpc) is 3.21. The molecule has 7 amide bonds. The zero-order chi connectivity index (χ0) is 47.7. The molecular weight excluding hydrogens is 819 g/mol. The van der Waals surface area contributed by atoms with Crippen LogP contribution in [0.15, 0.2) is 66.4 Å². The number of benzene rings is 1. The fourth-order valence-corrected chi connectivity index (χ4v) is 6.34. The second-order valence-corrected chi connectivity index (χ2v) is 16.3. The predicted octanol–water partition coefficient (Wildman–Crippen LogP) is 0.685. The van der Waals surface area contributed by atoms with Gasteiger partial charge < -0.3 is 52.1 Å². The van der Waals surface area contributed by atoms with E-state index < -0.39 is 127 Å². The topological polar surface area (TPSA) is 290 Å². The Bertz CT molecular complexity index is 1920. The SMILES string of the molecule is C=C1C(=O)N[C@H](C)C(=O)N[C@@H](CC(C)C)C(=O)N[C@@H](C(=O)O)CC(=O)N[C@@H](C)C(=O)N[C@@H](/C=C/C(C)=C/[C@H](C)[C@@H](O)Cc2ccccc2)[C@H](C)C(=O)N[C@@H](C(=O)O)CCC(=O)N1C. The number of nitrogens with zero attached hydrogens (tertiary/aromatic N) is 1. The van der Waals surface area contributed by atoms with E-state index in [0.717, 1.165) is 10.5 Å². The van der Waals surface area contributed by atoms with E-state index in [1.807, 2.05) is 37.3 Å². The molecule has 19 nitrogen and oxygen atoms in total. The summed E-state index contributed by atoms with van der Waals surface area (Å²) in [6.07, 6.45) is 2.86. The molecule has 0 aliphatic carbocycles. The van der Waals surface area contributed by atoms with Crippen molar-refractivity contribution in [1.82, 2.24) is 36.8 Å². The first-order chi connectivity index (χ1) is 29.4. The smallest absolute Gasteiger partial charge is 0.326 e. The van der Waals surface area contributed by atoms with Crippen molar-refractivity contribution < 1.29 is 58.5 Å². The van der Waals surface area contributed by atoms with Gasteiger partial charge in [0.05, 0.1) is 24.5 Å². The number of hydrogen-bond acceptors (Lipinski definition) is 10. The number of carboxylic acids is 2. The van der Waals surface area contributed by atoms with Gasteiger partial charge in [0.25, 0.3) is 5.91 Å². The highest BCUT2D eigenvalue weighted by Crippen LogP contribution is 2.16. The van der Waals surface area contributed by atoms with Crippen LogP contribution in [0.2, 0.25) is 0 Å². The van der Waals surface area contributed by atoms with E-state index in [1.54, 1.807) is 32.9 Å². The van der Waals surface area contributed by atoms with Crippen LogP contribution in [0.5, 0.6) is 0 Å². The van der Waals surface area contributed by atoms with Gasteiger partial charge in [0.15, 0.2) is 0 Å². The number of carboxylic acid groups (broad SMARTS) is 2. The first-order valence-electron chi connectivity index (χ1n) is 20.7. The monoisotopic (exact) mass is 881 g/mol. The third-order valence-corrected chi connectivity index (χ3v) is 10.4.